The molecular weight excluding hydrogens is 234 g/mol. The van der Waals surface area contributed by atoms with E-state index in [1.54, 1.807) is 0 Å². The third-order valence-corrected chi connectivity index (χ3v) is 3.57. The molecule has 2 aromatic heterocycles. The van der Waals surface area contributed by atoms with Gasteiger partial charge in [0.1, 0.15) is 5.65 Å². The van der Waals surface area contributed by atoms with E-state index < -0.39 is 0 Å². The van der Waals surface area contributed by atoms with Crippen LogP contribution in [-0.2, 0) is 0 Å². The third kappa shape index (κ3) is 2.13. The monoisotopic (exact) mass is 251 g/mol. The molecule has 0 saturated heterocycles. The molecule has 0 amide bonds. The van der Waals surface area contributed by atoms with Gasteiger partial charge in [0.05, 0.1) is 5.69 Å². The van der Waals surface area contributed by atoms with Crippen LogP contribution in [0.3, 0.4) is 0 Å². The minimum Gasteiger partial charge on any atom is -0.313 e. The first-order chi connectivity index (χ1) is 9.29. The normalized spacial score (nSPS) is 12.7. The first-order valence-electron chi connectivity index (χ1n) is 6.49. The van der Waals surface area contributed by atoms with Crippen molar-refractivity contribution in [3.63, 3.8) is 0 Å². The molecule has 0 aliphatic carbocycles. The molecule has 3 aromatic rings. The first-order valence-corrected chi connectivity index (χ1v) is 6.49. The van der Waals surface area contributed by atoms with Crippen LogP contribution in [0.15, 0.2) is 54.9 Å². The molecule has 3 heteroatoms. The van der Waals surface area contributed by atoms with Gasteiger partial charge in [-0.3, -0.25) is 4.40 Å². The molecule has 1 aromatic carbocycles. The van der Waals surface area contributed by atoms with Gasteiger partial charge in [-0.2, -0.15) is 0 Å². The molecule has 96 valence electrons. The van der Waals surface area contributed by atoms with Crippen LogP contribution in [0.4, 0.5) is 0 Å². The van der Waals surface area contributed by atoms with Crippen LogP contribution in [0, 0.1) is 0 Å². The Balaban J connectivity index is 2.05. The Hall–Kier alpha value is -2.13. The fraction of sp³-hybridized carbons (Fsp3) is 0.188. The molecule has 0 saturated carbocycles. The molecule has 0 aliphatic rings. The number of nitrogens with zero attached hydrogens (tertiary/aromatic N) is 2. The first kappa shape index (κ1) is 11.9. The van der Waals surface area contributed by atoms with E-state index in [4.69, 9.17) is 0 Å². The molecule has 0 spiro atoms. The molecule has 3 nitrogen and oxygen atoms in total. The summed E-state index contributed by atoms with van der Waals surface area (Å²) in [6, 6.07) is 15.2. The number of hydrogen-bond acceptors (Lipinski definition) is 2. The second kappa shape index (κ2) is 4.86. The number of rotatable bonds is 3. The highest BCUT2D eigenvalue weighted by atomic mass is 15.0. The highest BCUT2D eigenvalue weighted by Gasteiger charge is 2.05. The maximum atomic E-state index is 4.32. The summed E-state index contributed by atoms with van der Waals surface area (Å²) in [4.78, 5) is 4.32. The van der Waals surface area contributed by atoms with E-state index in [0.717, 1.165) is 5.65 Å². The van der Waals surface area contributed by atoms with Gasteiger partial charge in [0.25, 0.3) is 0 Å². The predicted octanol–water partition coefficient (Wildman–Crippen LogP) is 3.28. The zero-order valence-electron chi connectivity index (χ0n) is 11.2. The Kier molecular flexibility index (Phi) is 3.05. The van der Waals surface area contributed by atoms with Crippen LogP contribution in [0.1, 0.15) is 18.5 Å². The molecule has 1 N–H and O–H groups in total. The summed E-state index contributed by atoms with van der Waals surface area (Å²) in [6.45, 7) is 2.16. The average molecular weight is 251 g/mol. The van der Waals surface area contributed by atoms with Crippen molar-refractivity contribution in [1.29, 1.82) is 0 Å². The maximum Gasteiger partial charge on any atom is 0.137 e. The van der Waals surface area contributed by atoms with Crippen molar-refractivity contribution in [3.05, 3.63) is 60.4 Å². The minimum absolute atomic E-state index is 0.373. The second-order valence-electron chi connectivity index (χ2n) is 4.70. The van der Waals surface area contributed by atoms with Crippen LogP contribution < -0.4 is 5.32 Å². The third-order valence-electron chi connectivity index (χ3n) is 3.57. The lowest BCUT2D eigenvalue weighted by Gasteiger charge is -2.12. The maximum absolute atomic E-state index is 4.32. The Morgan fingerprint density at radius 2 is 1.89 bits per heavy atom. The van der Waals surface area contributed by atoms with Gasteiger partial charge in [-0.15, -0.1) is 0 Å². The molecular formula is C16H17N3. The summed E-state index contributed by atoms with van der Waals surface area (Å²) in [5.41, 5.74) is 4.64. The lowest BCUT2D eigenvalue weighted by atomic mass is 10.0. The van der Waals surface area contributed by atoms with Gasteiger partial charge < -0.3 is 5.32 Å². The van der Waals surface area contributed by atoms with Gasteiger partial charge in [0.15, 0.2) is 0 Å². The van der Waals surface area contributed by atoms with E-state index in [1.165, 1.54) is 16.8 Å². The summed E-state index contributed by atoms with van der Waals surface area (Å²) in [7, 11) is 1.98. The number of hydrogen-bond donors (Lipinski definition) is 1. The zero-order chi connectivity index (χ0) is 13.2. The molecule has 0 radical (unpaired) electrons. The molecule has 0 fully saturated rings. The van der Waals surface area contributed by atoms with Gasteiger partial charge in [-0.25, -0.2) is 4.98 Å². The molecule has 1 atom stereocenters. The van der Waals surface area contributed by atoms with Gasteiger partial charge >= 0.3 is 0 Å². The fourth-order valence-electron chi connectivity index (χ4n) is 2.29. The highest BCUT2D eigenvalue weighted by molar-refractivity contribution is 5.63. The topological polar surface area (TPSA) is 29.3 Å². The molecule has 19 heavy (non-hydrogen) atoms. The van der Waals surface area contributed by atoms with E-state index in [0.29, 0.717) is 6.04 Å². The molecule has 2 heterocycles. The minimum atomic E-state index is 0.373. The number of aromatic nitrogens is 2. The number of imidazole rings is 1. The summed E-state index contributed by atoms with van der Waals surface area (Å²) in [6.07, 6.45) is 3.82. The van der Waals surface area contributed by atoms with Gasteiger partial charge in [0.2, 0.25) is 0 Å². The van der Waals surface area contributed by atoms with E-state index in [2.05, 4.69) is 52.0 Å². The van der Waals surface area contributed by atoms with Crippen molar-refractivity contribution in [2.45, 2.75) is 13.0 Å². The van der Waals surface area contributed by atoms with E-state index in [-0.39, 0.29) is 0 Å². The molecule has 0 bridgehead atoms. The van der Waals surface area contributed by atoms with Crippen LogP contribution in [0.5, 0.6) is 0 Å². The van der Waals surface area contributed by atoms with Crippen LogP contribution >= 0.6 is 0 Å². The van der Waals surface area contributed by atoms with Gasteiger partial charge in [-0.05, 0) is 37.2 Å². The van der Waals surface area contributed by atoms with Gasteiger partial charge in [0, 0.05) is 18.4 Å². The number of nitrogens with one attached hydrogen (secondary N) is 1. The van der Waals surface area contributed by atoms with Crippen molar-refractivity contribution < 1.29 is 0 Å². The SMILES string of the molecule is CNC(C)c1ccc(-c2cccc3nccn23)cc1. The van der Waals surface area contributed by atoms with Crippen LogP contribution in [-0.4, -0.2) is 16.4 Å². The van der Waals surface area contributed by atoms with Crippen LogP contribution in [0.2, 0.25) is 0 Å². The summed E-state index contributed by atoms with van der Waals surface area (Å²) < 4.78 is 2.11. The van der Waals surface area contributed by atoms with E-state index in [9.17, 15) is 0 Å². The number of pyridine rings is 1. The standard InChI is InChI=1S/C16H17N3/c1-12(17-2)13-6-8-14(9-7-13)15-4-3-5-16-18-10-11-19(15)16/h3-12,17H,1-2H3. The van der Waals surface area contributed by atoms with Gasteiger partial charge in [-0.1, -0.05) is 30.3 Å². The smallest absolute Gasteiger partial charge is 0.137 e. The summed E-state index contributed by atoms with van der Waals surface area (Å²) in [5, 5.41) is 3.25. The fourth-order valence-corrected chi connectivity index (χ4v) is 2.29. The van der Waals surface area contributed by atoms with Crippen molar-refractivity contribution in [1.82, 2.24) is 14.7 Å². The Bertz CT molecular complexity index is 683. The largest absolute Gasteiger partial charge is 0.313 e. The quantitative estimate of drug-likeness (QED) is 0.774. The Labute approximate surface area is 112 Å². The van der Waals surface area contributed by atoms with Crippen molar-refractivity contribution in [2.75, 3.05) is 7.05 Å². The van der Waals surface area contributed by atoms with E-state index >= 15 is 0 Å². The molecule has 1 unspecified atom stereocenters. The Morgan fingerprint density at radius 1 is 1.11 bits per heavy atom. The van der Waals surface area contributed by atoms with E-state index in [1.807, 2.05) is 31.6 Å². The molecule has 3 rings (SSSR count). The average Bonchev–Trinajstić information content (AvgIpc) is 2.95. The number of benzene rings is 1. The lowest BCUT2D eigenvalue weighted by molar-refractivity contribution is 0.652. The highest BCUT2D eigenvalue weighted by Crippen LogP contribution is 2.22. The molecule has 0 aliphatic heterocycles. The summed E-state index contributed by atoms with van der Waals surface area (Å²) >= 11 is 0. The lowest BCUT2D eigenvalue weighted by Crippen LogP contribution is -2.11. The zero-order valence-corrected chi connectivity index (χ0v) is 11.2. The predicted molar refractivity (Wildman–Crippen MR) is 78.1 cm³/mol. The van der Waals surface area contributed by atoms with Crippen molar-refractivity contribution in [3.8, 4) is 11.3 Å². The second-order valence-corrected chi connectivity index (χ2v) is 4.70. The van der Waals surface area contributed by atoms with Crippen molar-refractivity contribution in [2.24, 2.45) is 0 Å². The Morgan fingerprint density at radius 3 is 2.63 bits per heavy atom. The number of fused-ring (bicyclic) bond motifs is 1. The van der Waals surface area contributed by atoms with Crippen molar-refractivity contribution >= 4 is 5.65 Å². The summed E-state index contributed by atoms with van der Waals surface area (Å²) in [5.74, 6) is 0. The van der Waals surface area contributed by atoms with Crippen LogP contribution in [0.25, 0.3) is 16.9 Å².